The van der Waals surface area contributed by atoms with Crippen molar-refractivity contribution >= 4 is 0 Å². The van der Waals surface area contributed by atoms with E-state index in [2.05, 4.69) is 10.3 Å². The maximum Gasteiger partial charge on any atom is 0.144 e. The van der Waals surface area contributed by atoms with Crippen LogP contribution in [0.3, 0.4) is 0 Å². The molecule has 0 atom stereocenters. The van der Waals surface area contributed by atoms with Crippen molar-refractivity contribution in [3.05, 3.63) is 24.0 Å². The van der Waals surface area contributed by atoms with E-state index in [-0.39, 0.29) is 6.10 Å². The predicted molar refractivity (Wildman–Crippen MR) is 55.5 cm³/mol. The predicted octanol–water partition coefficient (Wildman–Crippen LogP) is 1.08. The molecule has 1 aromatic rings. The molecule has 0 aromatic carbocycles. The number of ether oxygens (including phenoxy) is 1. The largest absolute Gasteiger partial charge is 0.490 e. The van der Waals surface area contributed by atoms with Crippen molar-refractivity contribution in [3.63, 3.8) is 0 Å². The highest BCUT2D eigenvalue weighted by Crippen LogP contribution is 2.16. The third-order valence-corrected chi connectivity index (χ3v) is 2.43. The van der Waals surface area contributed by atoms with Gasteiger partial charge in [-0.3, -0.25) is 0 Å². The first-order chi connectivity index (χ1) is 7.38. The van der Waals surface area contributed by atoms with Crippen molar-refractivity contribution in [2.24, 2.45) is 0 Å². The van der Waals surface area contributed by atoms with Gasteiger partial charge in [-0.15, -0.1) is 0 Å². The zero-order valence-electron chi connectivity index (χ0n) is 8.44. The molecule has 1 fully saturated rings. The van der Waals surface area contributed by atoms with Gasteiger partial charge in [0, 0.05) is 12.3 Å². The summed E-state index contributed by atoms with van der Waals surface area (Å²) in [5.74, 6) is 0.744. The van der Waals surface area contributed by atoms with Crippen LogP contribution in [0.4, 0.5) is 0 Å². The molecule has 1 aliphatic rings. The van der Waals surface area contributed by atoms with Gasteiger partial charge in [0.1, 0.15) is 23.6 Å². The van der Waals surface area contributed by atoms with E-state index in [1.807, 2.05) is 6.07 Å². The van der Waals surface area contributed by atoms with Gasteiger partial charge in [0.25, 0.3) is 0 Å². The smallest absolute Gasteiger partial charge is 0.144 e. The molecule has 2 rings (SSSR count). The highest BCUT2D eigenvalue weighted by atomic mass is 16.5. The Kier molecular flexibility index (Phi) is 3.15. The lowest BCUT2D eigenvalue weighted by molar-refractivity contribution is 0.162. The first-order valence-corrected chi connectivity index (χ1v) is 5.12. The molecule has 0 spiro atoms. The van der Waals surface area contributed by atoms with E-state index in [1.54, 1.807) is 18.3 Å². The van der Waals surface area contributed by atoms with Gasteiger partial charge < -0.3 is 10.1 Å². The van der Waals surface area contributed by atoms with Gasteiger partial charge in [0.05, 0.1) is 0 Å². The quantitative estimate of drug-likeness (QED) is 0.781. The lowest BCUT2D eigenvalue weighted by atomic mass is 10.1. The summed E-state index contributed by atoms with van der Waals surface area (Å²) in [6, 6.07) is 5.48. The molecule has 2 heterocycles. The molecule has 0 unspecified atom stereocenters. The third-order valence-electron chi connectivity index (χ3n) is 2.43. The maximum absolute atomic E-state index is 8.69. The van der Waals surface area contributed by atoms with Crippen molar-refractivity contribution in [2.75, 3.05) is 13.1 Å². The third kappa shape index (κ3) is 2.67. The minimum atomic E-state index is 0.264. The average molecular weight is 203 g/mol. The summed E-state index contributed by atoms with van der Waals surface area (Å²) >= 11 is 0. The van der Waals surface area contributed by atoms with Gasteiger partial charge in [0.2, 0.25) is 0 Å². The Bertz CT molecular complexity index is 366. The van der Waals surface area contributed by atoms with E-state index >= 15 is 0 Å². The Hall–Kier alpha value is -1.60. The Morgan fingerprint density at radius 2 is 2.27 bits per heavy atom. The molecule has 0 radical (unpaired) electrons. The van der Waals surface area contributed by atoms with E-state index in [1.165, 1.54) is 0 Å². The Morgan fingerprint density at radius 3 is 3.00 bits per heavy atom. The molecular weight excluding hydrogens is 190 g/mol. The molecule has 1 aliphatic heterocycles. The Labute approximate surface area is 88.9 Å². The number of rotatable bonds is 2. The van der Waals surface area contributed by atoms with Crippen molar-refractivity contribution in [2.45, 2.75) is 18.9 Å². The Morgan fingerprint density at radius 1 is 1.47 bits per heavy atom. The van der Waals surface area contributed by atoms with Crippen LogP contribution in [0.25, 0.3) is 0 Å². The first kappa shape index (κ1) is 9.94. The fourth-order valence-electron chi connectivity index (χ4n) is 1.65. The number of nitriles is 1. The molecule has 1 saturated heterocycles. The molecule has 4 nitrogen and oxygen atoms in total. The molecule has 0 amide bonds. The lowest BCUT2D eigenvalue weighted by Gasteiger charge is -2.23. The van der Waals surface area contributed by atoms with Crippen LogP contribution in [0.1, 0.15) is 18.5 Å². The molecule has 1 aromatic heterocycles. The summed E-state index contributed by atoms with van der Waals surface area (Å²) < 4.78 is 5.77. The van der Waals surface area contributed by atoms with Crippen LogP contribution in [0.5, 0.6) is 5.75 Å². The van der Waals surface area contributed by atoms with E-state index in [0.717, 1.165) is 31.7 Å². The molecule has 78 valence electrons. The van der Waals surface area contributed by atoms with Crippen LogP contribution in [-0.4, -0.2) is 24.2 Å². The summed E-state index contributed by atoms with van der Waals surface area (Å²) in [5.41, 5.74) is 0.404. The van der Waals surface area contributed by atoms with Crippen LogP contribution in [-0.2, 0) is 0 Å². The zero-order valence-corrected chi connectivity index (χ0v) is 8.44. The Balaban J connectivity index is 2.00. The van der Waals surface area contributed by atoms with Gasteiger partial charge in [-0.2, -0.15) is 5.26 Å². The standard InChI is InChI=1S/C11H13N3O/c12-8-9-7-11(3-6-14-9)15-10-1-4-13-5-2-10/h3,6-7,10,13H,1-2,4-5H2. The molecule has 0 saturated carbocycles. The van der Waals surface area contributed by atoms with Crippen molar-refractivity contribution in [1.29, 1.82) is 5.26 Å². The van der Waals surface area contributed by atoms with E-state index in [4.69, 9.17) is 10.00 Å². The minimum Gasteiger partial charge on any atom is -0.490 e. The second-order valence-corrected chi connectivity index (χ2v) is 3.56. The summed E-state index contributed by atoms with van der Waals surface area (Å²) in [7, 11) is 0. The van der Waals surface area contributed by atoms with Crippen LogP contribution in [0.15, 0.2) is 18.3 Å². The number of piperidine rings is 1. The molecule has 15 heavy (non-hydrogen) atoms. The second-order valence-electron chi connectivity index (χ2n) is 3.56. The van der Waals surface area contributed by atoms with E-state index in [9.17, 15) is 0 Å². The SMILES string of the molecule is N#Cc1cc(OC2CCNCC2)ccn1. The summed E-state index contributed by atoms with van der Waals surface area (Å²) in [6.07, 6.45) is 3.91. The number of hydrogen-bond acceptors (Lipinski definition) is 4. The number of pyridine rings is 1. The summed E-state index contributed by atoms with van der Waals surface area (Å²) in [6.45, 7) is 2.00. The minimum absolute atomic E-state index is 0.264. The van der Waals surface area contributed by atoms with Crippen LogP contribution < -0.4 is 10.1 Å². The number of hydrogen-bond donors (Lipinski definition) is 1. The van der Waals surface area contributed by atoms with Crippen LogP contribution in [0, 0.1) is 11.3 Å². The fraction of sp³-hybridized carbons (Fsp3) is 0.455. The summed E-state index contributed by atoms with van der Waals surface area (Å²) in [5, 5.41) is 12.0. The van der Waals surface area contributed by atoms with Crippen molar-refractivity contribution < 1.29 is 4.74 Å². The molecular formula is C11H13N3O. The highest BCUT2D eigenvalue weighted by Gasteiger charge is 2.14. The second kappa shape index (κ2) is 4.76. The van der Waals surface area contributed by atoms with Crippen LogP contribution >= 0.6 is 0 Å². The van der Waals surface area contributed by atoms with Gasteiger partial charge in [-0.1, -0.05) is 0 Å². The zero-order chi connectivity index (χ0) is 10.5. The highest BCUT2D eigenvalue weighted by molar-refractivity contribution is 5.29. The van der Waals surface area contributed by atoms with Crippen LogP contribution in [0.2, 0.25) is 0 Å². The van der Waals surface area contributed by atoms with Crippen molar-refractivity contribution in [1.82, 2.24) is 10.3 Å². The van der Waals surface area contributed by atoms with Gasteiger partial charge >= 0.3 is 0 Å². The average Bonchev–Trinajstić information content (AvgIpc) is 2.31. The van der Waals surface area contributed by atoms with Gasteiger partial charge in [-0.25, -0.2) is 4.98 Å². The van der Waals surface area contributed by atoms with Crippen molar-refractivity contribution in [3.8, 4) is 11.8 Å². The maximum atomic E-state index is 8.69. The topological polar surface area (TPSA) is 57.9 Å². The fourth-order valence-corrected chi connectivity index (χ4v) is 1.65. The van der Waals surface area contributed by atoms with E-state index in [0.29, 0.717) is 5.69 Å². The monoisotopic (exact) mass is 203 g/mol. The molecule has 4 heteroatoms. The molecule has 0 aliphatic carbocycles. The van der Waals surface area contributed by atoms with E-state index < -0.39 is 0 Å². The normalized spacial score (nSPS) is 17.0. The first-order valence-electron chi connectivity index (χ1n) is 5.12. The lowest BCUT2D eigenvalue weighted by Crippen LogP contribution is -2.34. The molecule has 0 bridgehead atoms. The number of aromatic nitrogens is 1. The molecule has 1 N–H and O–H groups in total. The van der Waals surface area contributed by atoms with Gasteiger partial charge in [-0.05, 0) is 32.0 Å². The summed E-state index contributed by atoms with van der Waals surface area (Å²) in [4.78, 5) is 3.90. The van der Waals surface area contributed by atoms with Gasteiger partial charge in [0.15, 0.2) is 0 Å². The number of nitrogens with one attached hydrogen (secondary N) is 1. The number of nitrogens with zero attached hydrogens (tertiary/aromatic N) is 2.